The molecule has 0 saturated heterocycles. The maximum Gasteiger partial charge on any atom is 0.194 e. The van der Waals surface area contributed by atoms with Crippen molar-refractivity contribution in [3.05, 3.63) is 47.9 Å². The van der Waals surface area contributed by atoms with E-state index in [2.05, 4.69) is 15.9 Å². The lowest BCUT2D eigenvalue weighted by molar-refractivity contribution is 0.348. The standard InChI is InChI=1S/C19H13FN4OS2/c1-3-9-25-15-11-12(4-5-13(15)20)16-17(24-8-10-27-19(24)23-16)14-6-7-21-18(22-14)26-2/h1,4-8,10-11H,9H2,2H3. The zero-order valence-corrected chi connectivity index (χ0v) is 15.9. The molecular formula is C19H13FN4OS2. The van der Waals surface area contributed by atoms with Gasteiger partial charge in [0.05, 0.1) is 11.4 Å². The van der Waals surface area contributed by atoms with Crippen molar-refractivity contribution in [2.75, 3.05) is 12.9 Å². The molecule has 3 aromatic heterocycles. The number of thiazole rings is 1. The van der Waals surface area contributed by atoms with Crippen molar-refractivity contribution in [3.8, 4) is 40.7 Å². The molecule has 27 heavy (non-hydrogen) atoms. The topological polar surface area (TPSA) is 52.3 Å². The number of ether oxygens (including phenoxy) is 1. The lowest BCUT2D eigenvalue weighted by atomic mass is 10.1. The molecule has 4 aromatic rings. The molecular weight excluding hydrogens is 383 g/mol. The molecule has 0 aliphatic carbocycles. The second-order valence-corrected chi connectivity index (χ2v) is 7.08. The van der Waals surface area contributed by atoms with Crippen molar-refractivity contribution in [2.24, 2.45) is 0 Å². The molecule has 0 bridgehead atoms. The molecule has 0 fully saturated rings. The number of hydrogen-bond acceptors (Lipinski definition) is 6. The van der Waals surface area contributed by atoms with Crippen molar-refractivity contribution >= 4 is 28.1 Å². The van der Waals surface area contributed by atoms with Crippen LogP contribution in [0.3, 0.4) is 0 Å². The van der Waals surface area contributed by atoms with E-state index in [9.17, 15) is 4.39 Å². The van der Waals surface area contributed by atoms with Crippen LogP contribution in [0.5, 0.6) is 5.75 Å². The van der Waals surface area contributed by atoms with Crippen LogP contribution in [0.1, 0.15) is 0 Å². The summed E-state index contributed by atoms with van der Waals surface area (Å²) >= 11 is 2.98. The Balaban J connectivity index is 1.90. The Hall–Kier alpha value is -2.89. The molecule has 0 saturated carbocycles. The summed E-state index contributed by atoms with van der Waals surface area (Å²) in [7, 11) is 0. The molecule has 0 radical (unpaired) electrons. The molecule has 134 valence electrons. The van der Waals surface area contributed by atoms with Crippen LogP contribution in [0.15, 0.2) is 47.2 Å². The molecule has 0 spiro atoms. The molecule has 4 rings (SSSR count). The summed E-state index contributed by atoms with van der Waals surface area (Å²) in [6.45, 7) is -0.00545. The minimum Gasteiger partial charge on any atom is -0.478 e. The highest BCUT2D eigenvalue weighted by Crippen LogP contribution is 2.35. The van der Waals surface area contributed by atoms with Crippen LogP contribution in [0.2, 0.25) is 0 Å². The molecule has 0 amide bonds. The number of terminal acetylenes is 1. The third-order valence-corrected chi connectivity index (χ3v) is 5.15. The molecule has 0 N–H and O–H groups in total. The summed E-state index contributed by atoms with van der Waals surface area (Å²) in [4.78, 5) is 14.4. The SMILES string of the molecule is C#CCOc1cc(-c2nc3sccn3c2-c2ccnc(SC)n2)ccc1F. The van der Waals surface area contributed by atoms with E-state index in [1.54, 1.807) is 18.3 Å². The summed E-state index contributed by atoms with van der Waals surface area (Å²) in [6, 6.07) is 6.47. The zero-order chi connectivity index (χ0) is 18.8. The fourth-order valence-electron chi connectivity index (χ4n) is 2.68. The van der Waals surface area contributed by atoms with E-state index in [0.29, 0.717) is 10.9 Å². The molecule has 0 aliphatic heterocycles. The lowest BCUT2D eigenvalue weighted by Crippen LogP contribution is -1.97. The van der Waals surface area contributed by atoms with Crippen LogP contribution in [0.25, 0.3) is 27.6 Å². The number of benzene rings is 1. The number of fused-ring (bicyclic) bond motifs is 1. The molecule has 3 heterocycles. The fraction of sp³-hybridized carbons (Fsp3) is 0.105. The Labute approximate surface area is 163 Å². The van der Waals surface area contributed by atoms with Gasteiger partial charge in [-0.25, -0.2) is 19.3 Å². The molecule has 8 heteroatoms. The fourth-order valence-corrected chi connectivity index (χ4v) is 3.75. The van der Waals surface area contributed by atoms with Crippen LogP contribution in [-0.2, 0) is 0 Å². The highest BCUT2D eigenvalue weighted by molar-refractivity contribution is 7.98. The van der Waals surface area contributed by atoms with Crippen molar-refractivity contribution in [3.63, 3.8) is 0 Å². The first-order chi connectivity index (χ1) is 13.2. The molecule has 5 nitrogen and oxygen atoms in total. The van der Waals surface area contributed by atoms with Crippen LogP contribution in [0, 0.1) is 18.2 Å². The third kappa shape index (κ3) is 3.27. The maximum atomic E-state index is 14.0. The number of hydrogen-bond donors (Lipinski definition) is 0. The van der Waals surface area contributed by atoms with E-state index >= 15 is 0 Å². The second-order valence-electron chi connectivity index (χ2n) is 5.43. The van der Waals surface area contributed by atoms with Gasteiger partial charge in [0.25, 0.3) is 0 Å². The maximum absolute atomic E-state index is 14.0. The quantitative estimate of drug-likeness (QED) is 0.284. The molecule has 0 atom stereocenters. The number of rotatable bonds is 5. The smallest absolute Gasteiger partial charge is 0.194 e. The van der Waals surface area contributed by atoms with E-state index in [0.717, 1.165) is 21.9 Å². The Morgan fingerprint density at radius 2 is 2.22 bits per heavy atom. The van der Waals surface area contributed by atoms with Gasteiger partial charge in [-0.1, -0.05) is 17.7 Å². The molecule has 0 aliphatic rings. The first-order valence-electron chi connectivity index (χ1n) is 7.90. The third-order valence-electron chi connectivity index (χ3n) is 3.84. The zero-order valence-electron chi connectivity index (χ0n) is 14.2. The predicted octanol–water partition coefficient (Wildman–Crippen LogP) is 4.39. The number of imidazole rings is 1. The van der Waals surface area contributed by atoms with Gasteiger partial charge in [-0.15, -0.1) is 17.8 Å². The van der Waals surface area contributed by atoms with Gasteiger partial charge in [0, 0.05) is 23.3 Å². The Morgan fingerprint density at radius 3 is 3.04 bits per heavy atom. The molecule has 0 unspecified atom stereocenters. The largest absolute Gasteiger partial charge is 0.478 e. The lowest BCUT2D eigenvalue weighted by Gasteiger charge is -2.08. The Kier molecular flexibility index (Phi) is 4.79. The Morgan fingerprint density at radius 1 is 1.33 bits per heavy atom. The number of nitrogens with zero attached hydrogens (tertiary/aromatic N) is 4. The van der Waals surface area contributed by atoms with E-state index in [1.165, 1.54) is 29.2 Å². The number of halogens is 1. The van der Waals surface area contributed by atoms with Gasteiger partial charge in [0.15, 0.2) is 21.7 Å². The van der Waals surface area contributed by atoms with Crippen LogP contribution in [0.4, 0.5) is 4.39 Å². The van der Waals surface area contributed by atoms with Crippen LogP contribution >= 0.6 is 23.1 Å². The first-order valence-corrected chi connectivity index (χ1v) is 10.0. The minimum atomic E-state index is -0.469. The van der Waals surface area contributed by atoms with Gasteiger partial charge in [-0.3, -0.25) is 4.40 Å². The van der Waals surface area contributed by atoms with Crippen molar-refractivity contribution in [1.82, 2.24) is 19.4 Å². The number of thioether (sulfide) groups is 1. The van der Waals surface area contributed by atoms with Crippen molar-refractivity contribution in [2.45, 2.75) is 5.16 Å². The average Bonchev–Trinajstić information content (AvgIpc) is 3.28. The summed E-state index contributed by atoms with van der Waals surface area (Å²) in [5.41, 5.74) is 2.97. The van der Waals surface area contributed by atoms with E-state index in [4.69, 9.17) is 16.1 Å². The number of aromatic nitrogens is 4. The van der Waals surface area contributed by atoms with Gasteiger partial charge in [-0.2, -0.15) is 0 Å². The molecule has 1 aromatic carbocycles. The first kappa shape index (κ1) is 17.5. The normalized spacial score (nSPS) is 10.9. The summed E-state index contributed by atoms with van der Waals surface area (Å²) in [6.07, 6.45) is 10.8. The van der Waals surface area contributed by atoms with Gasteiger partial charge < -0.3 is 4.74 Å². The summed E-state index contributed by atoms with van der Waals surface area (Å²) in [5, 5.41) is 2.62. The van der Waals surface area contributed by atoms with Crippen molar-refractivity contribution < 1.29 is 9.13 Å². The summed E-state index contributed by atoms with van der Waals surface area (Å²) in [5.74, 6) is 1.97. The van der Waals surface area contributed by atoms with E-state index in [-0.39, 0.29) is 12.4 Å². The second kappa shape index (κ2) is 7.39. The highest BCUT2D eigenvalue weighted by Gasteiger charge is 2.19. The van der Waals surface area contributed by atoms with Crippen LogP contribution in [-0.4, -0.2) is 32.2 Å². The van der Waals surface area contributed by atoms with E-state index in [1.807, 2.05) is 28.3 Å². The van der Waals surface area contributed by atoms with E-state index < -0.39 is 5.82 Å². The van der Waals surface area contributed by atoms with Gasteiger partial charge in [-0.05, 0) is 30.5 Å². The average molecular weight is 396 g/mol. The van der Waals surface area contributed by atoms with Crippen molar-refractivity contribution in [1.29, 1.82) is 0 Å². The van der Waals surface area contributed by atoms with Crippen LogP contribution < -0.4 is 4.74 Å². The van der Waals surface area contributed by atoms with Gasteiger partial charge in [0.2, 0.25) is 0 Å². The predicted molar refractivity (Wildman–Crippen MR) is 106 cm³/mol. The van der Waals surface area contributed by atoms with Gasteiger partial charge >= 0.3 is 0 Å². The summed E-state index contributed by atoms with van der Waals surface area (Å²) < 4.78 is 21.3. The monoisotopic (exact) mass is 396 g/mol. The van der Waals surface area contributed by atoms with Gasteiger partial charge in [0.1, 0.15) is 12.3 Å². The Bertz CT molecular complexity index is 1160. The highest BCUT2D eigenvalue weighted by atomic mass is 32.2. The minimum absolute atomic E-state index is 0.00545.